The second-order valence-electron chi connectivity index (χ2n) is 7.44. The van der Waals surface area contributed by atoms with Crippen molar-refractivity contribution >= 4 is 15.9 Å². The van der Waals surface area contributed by atoms with Crippen molar-refractivity contribution in [2.75, 3.05) is 20.1 Å². The molecule has 1 aliphatic heterocycles. The van der Waals surface area contributed by atoms with E-state index in [0.29, 0.717) is 25.1 Å². The van der Waals surface area contributed by atoms with Crippen LogP contribution in [0.25, 0.3) is 0 Å². The molecule has 1 amide bonds. The Kier molecular flexibility index (Phi) is 6.20. The van der Waals surface area contributed by atoms with Crippen molar-refractivity contribution in [2.45, 2.75) is 38.0 Å². The van der Waals surface area contributed by atoms with Crippen LogP contribution in [0.3, 0.4) is 0 Å². The van der Waals surface area contributed by atoms with E-state index in [0.717, 1.165) is 24.1 Å². The third kappa shape index (κ3) is 4.62. The fourth-order valence-electron chi connectivity index (χ4n) is 3.74. The molecule has 0 saturated carbocycles. The number of sulfonamides is 1. The zero-order valence-electron chi connectivity index (χ0n) is 16.7. The third-order valence-corrected chi connectivity index (χ3v) is 7.25. The molecule has 0 spiro atoms. The number of carbonyl (C=O) groups is 1. The van der Waals surface area contributed by atoms with Crippen LogP contribution in [0, 0.1) is 6.92 Å². The lowest BCUT2D eigenvalue weighted by Crippen LogP contribution is -2.39. The Hall–Kier alpha value is -2.19. The van der Waals surface area contributed by atoms with Crippen molar-refractivity contribution in [3.63, 3.8) is 0 Å². The van der Waals surface area contributed by atoms with E-state index in [9.17, 15) is 13.2 Å². The van der Waals surface area contributed by atoms with Crippen molar-refractivity contribution in [3.05, 3.63) is 53.3 Å². The van der Waals surface area contributed by atoms with Gasteiger partial charge in [0.25, 0.3) is 5.91 Å². The number of aryl methyl sites for hydroxylation is 2. The minimum atomic E-state index is -3.41. The molecule has 2 aromatic rings. The lowest BCUT2D eigenvalue weighted by Gasteiger charge is -2.26. The topological polar surface area (TPSA) is 75.5 Å². The van der Waals surface area contributed by atoms with E-state index in [-0.39, 0.29) is 17.7 Å². The average Bonchev–Trinajstić information content (AvgIpc) is 2.85. The molecule has 8 heteroatoms. The fourth-order valence-corrected chi connectivity index (χ4v) is 5.22. The van der Waals surface area contributed by atoms with Gasteiger partial charge in [0.15, 0.2) is 0 Å². The lowest BCUT2D eigenvalue weighted by atomic mass is 10.1. The molecule has 1 aromatic heterocycles. The Morgan fingerprint density at radius 2 is 1.93 bits per heavy atom. The molecule has 0 bridgehead atoms. The first-order valence-corrected chi connectivity index (χ1v) is 11.2. The standard InChI is InChI=1S/C20H28N4O3S/c1-16-19(14-22(2)21-16)20(25)24-12-7-10-18(11-13-24)23(3)28(26,27)15-17-8-5-4-6-9-17/h4-6,8-9,14,18H,7,10-13,15H2,1-3H3/t18-/m1/s1. The average molecular weight is 405 g/mol. The third-order valence-electron chi connectivity index (χ3n) is 5.37. The van der Waals surface area contributed by atoms with Gasteiger partial charge in [0.2, 0.25) is 10.0 Å². The Balaban J connectivity index is 1.65. The molecule has 1 atom stereocenters. The fraction of sp³-hybridized carbons (Fsp3) is 0.500. The summed E-state index contributed by atoms with van der Waals surface area (Å²) in [7, 11) is 0.0529. The number of nitrogens with zero attached hydrogens (tertiary/aromatic N) is 4. The summed E-state index contributed by atoms with van der Waals surface area (Å²) in [5, 5.41) is 4.25. The highest BCUT2D eigenvalue weighted by molar-refractivity contribution is 7.88. The summed E-state index contributed by atoms with van der Waals surface area (Å²) >= 11 is 0. The number of hydrogen-bond donors (Lipinski definition) is 0. The number of likely N-dealkylation sites (tertiary alicyclic amines) is 1. The highest BCUT2D eigenvalue weighted by Gasteiger charge is 2.30. The number of aromatic nitrogens is 2. The van der Waals surface area contributed by atoms with Gasteiger partial charge >= 0.3 is 0 Å². The van der Waals surface area contributed by atoms with Crippen molar-refractivity contribution in [2.24, 2.45) is 7.05 Å². The SMILES string of the molecule is Cc1nn(C)cc1C(=O)N1CCC[C@@H](N(C)S(=O)(=O)Cc2ccccc2)CC1. The van der Waals surface area contributed by atoms with Crippen LogP contribution in [0.5, 0.6) is 0 Å². The number of rotatable bonds is 5. The van der Waals surface area contributed by atoms with E-state index in [1.54, 1.807) is 25.0 Å². The molecule has 152 valence electrons. The van der Waals surface area contributed by atoms with Gasteiger partial charge in [0, 0.05) is 39.4 Å². The quantitative estimate of drug-likeness (QED) is 0.766. The van der Waals surface area contributed by atoms with Gasteiger partial charge in [-0.1, -0.05) is 30.3 Å². The molecule has 0 radical (unpaired) electrons. The van der Waals surface area contributed by atoms with E-state index >= 15 is 0 Å². The maximum absolute atomic E-state index is 12.8. The van der Waals surface area contributed by atoms with Crippen LogP contribution in [0.1, 0.15) is 40.9 Å². The summed E-state index contributed by atoms with van der Waals surface area (Å²) in [6.45, 7) is 3.01. The molecular formula is C20H28N4O3S. The zero-order valence-corrected chi connectivity index (χ0v) is 17.5. The van der Waals surface area contributed by atoms with Gasteiger partial charge in [-0.3, -0.25) is 9.48 Å². The largest absolute Gasteiger partial charge is 0.338 e. The minimum absolute atomic E-state index is 0.00162. The molecule has 1 aliphatic rings. The minimum Gasteiger partial charge on any atom is -0.338 e. The van der Waals surface area contributed by atoms with Crippen LogP contribution in [0.2, 0.25) is 0 Å². The first-order valence-electron chi connectivity index (χ1n) is 9.57. The summed E-state index contributed by atoms with van der Waals surface area (Å²) in [5.41, 5.74) is 2.12. The smallest absolute Gasteiger partial charge is 0.257 e. The van der Waals surface area contributed by atoms with Crippen LogP contribution < -0.4 is 0 Å². The molecule has 0 aliphatic carbocycles. The summed E-state index contributed by atoms with van der Waals surface area (Å²) in [4.78, 5) is 14.7. The van der Waals surface area contributed by atoms with Crippen molar-refractivity contribution in [1.82, 2.24) is 19.0 Å². The number of carbonyl (C=O) groups excluding carboxylic acids is 1. The highest BCUT2D eigenvalue weighted by atomic mass is 32.2. The lowest BCUT2D eigenvalue weighted by molar-refractivity contribution is 0.0759. The van der Waals surface area contributed by atoms with Crippen molar-refractivity contribution in [3.8, 4) is 0 Å². The molecule has 1 saturated heterocycles. The Labute approximate surface area is 167 Å². The molecular weight excluding hydrogens is 376 g/mol. The normalized spacial score (nSPS) is 18.3. The Bertz CT molecular complexity index is 924. The first kappa shape index (κ1) is 20.5. The van der Waals surface area contributed by atoms with Crippen LogP contribution in [0.15, 0.2) is 36.5 Å². The van der Waals surface area contributed by atoms with Crippen LogP contribution >= 0.6 is 0 Å². The van der Waals surface area contributed by atoms with E-state index < -0.39 is 10.0 Å². The van der Waals surface area contributed by atoms with E-state index in [1.165, 1.54) is 4.31 Å². The summed E-state index contributed by atoms with van der Waals surface area (Å²) in [5.74, 6) is -0.0284. The van der Waals surface area contributed by atoms with E-state index in [4.69, 9.17) is 0 Å². The second kappa shape index (κ2) is 8.45. The summed E-state index contributed by atoms with van der Waals surface area (Å²) in [6.07, 6.45) is 3.91. The van der Waals surface area contributed by atoms with Gasteiger partial charge in [0.1, 0.15) is 0 Å². The van der Waals surface area contributed by atoms with E-state index in [2.05, 4.69) is 5.10 Å². The van der Waals surface area contributed by atoms with Crippen LogP contribution in [-0.2, 0) is 22.8 Å². The number of amides is 1. The van der Waals surface area contributed by atoms with Gasteiger partial charge in [-0.2, -0.15) is 5.10 Å². The van der Waals surface area contributed by atoms with Crippen LogP contribution in [0.4, 0.5) is 0 Å². The molecule has 3 rings (SSSR count). The van der Waals surface area contributed by atoms with Gasteiger partial charge < -0.3 is 4.90 Å². The molecule has 1 fully saturated rings. The predicted octanol–water partition coefficient (Wildman–Crippen LogP) is 2.19. The second-order valence-corrected chi connectivity index (χ2v) is 9.47. The highest BCUT2D eigenvalue weighted by Crippen LogP contribution is 2.22. The zero-order chi connectivity index (χ0) is 20.3. The molecule has 7 nitrogen and oxygen atoms in total. The Morgan fingerprint density at radius 1 is 1.21 bits per heavy atom. The molecule has 0 unspecified atom stereocenters. The molecule has 2 heterocycles. The predicted molar refractivity (Wildman–Crippen MR) is 108 cm³/mol. The van der Waals surface area contributed by atoms with Crippen LogP contribution in [-0.4, -0.2) is 59.5 Å². The van der Waals surface area contributed by atoms with E-state index in [1.807, 2.05) is 42.2 Å². The van der Waals surface area contributed by atoms with Gasteiger partial charge in [-0.15, -0.1) is 0 Å². The van der Waals surface area contributed by atoms with Gasteiger partial charge in [-0.25, -0.2) is 12.7 Å². The number of hydrogen-bond acceptors (Lipinski definition) is 4. The molecule has 0 N–H and O–H groups in total. The molecule has 28 heavy (non-hydrogen) atoms. The summed E-state index contributed by atoms with van der Waals surface area (Å²) in [6, 6.07) is 9.13. The van der Waals surface area contributed by atoms with Crippen molar-refractivity contribution < 1.29 is 13.2 Å². The van der Waals surface area contributed by atoms with Gasteiger partial charge in [0.05, 0.1) is 17.0 Å². The van der Waals surface area contributed by atoms with Gasteiger partial charge in [-0.05, 0) is 31.7 Å². The monoisotopic (exact) mass is 404 g/mol. The first-order chi connectivity index (χ1) is 13.3. The number of benzene rings is 1. The maximum Gasteiger partial charge on any atom is 0.257 e. The molecule has 1 aromatic carbocycles. The summed E-state index contributed by atoms with van der Waals surface area (Å²) < 4.78 is 28.8. The van der Waals surface area contributed by atoms with Crippen molar-refractivity contribution in [1.29, 1.82) is 0 Å². The maximum atomic E-state index is 12.8. The Morgan fingerprint density at radius 3 is 2.57 bits per heavy atom.